The van der Waals surface area contributed by atoms with Crippen molar-refractivity contribution in [3.05, 3.63) is 98.1 Å². The fourth-order valence-corrected chi connectivity index (χ4v) is 5.12. The van der Waals surface area contributed by atoms with Gasteiger partial charge in [0.25, 0.3) is 0 Å². The average Bonchev–Trinajstić information content (AvgIpc) is 2.84. The van der Waals surface area contributed by atoms with E-state index in [1.807, 2.05) is 6.08 Å². The third-order valence-corrected chi connectivity index (χ3v) is 7.49. The minimum absolute atomic E-state index is 0.273. The van der Waals surface area contributed by atoms with Crippen molar-refractivity contribution in [2.75, 3.05) is 13.9 Å². The topological polar surface area (TPSA) is 18.5 Å². The van der Waals surface area contributed by atoms with E-state index in [1.54, 1.807) is 7.11 Å². The molecule has 0 saturated carbocycles. The minimum atomic E-state index is 0.273. The number of hydrogen-bond donors (Lipinski definition) is 0. The van der Waals surface area contributed by atoms with Crippen molar-refractivity contribution >= 4 is 15.9 Å². The summed E-state index contributed by atoms with van der Waals surface area (Å²) in [5.74, 6) is 2.35. The summed E-state index contributed by atoms with van der Waals surface area (Å²) >= 11 is 3.58. The molecule has 2 rings (SSSR count). The lowest BCUT2D eigenvalue weighted by Crippen LogP contribution is -2.03. The highest BCUT2D eigenvalue weighted by Crippen LogP contribution is 2.26. The minimum Gasteiger partial charge on any atom is -0.467 e. The molecule has 0 amide bonds. The van der Waals surface area contributed by atoms with Gasteiger partial charge in [-0.15, -0.1) is 6.58 Å². The molecule has 0 aliphatic rings. The molecule has 2 nitrogen and oxygen atoms in total. The van der Waals surface area contributed by atoms with Crippen LogP contribution in [0.15, 0.2) is 64.7 Å². The van der Waals surface area contributed by atoms with Gasteiger partial charge in [-0.05, 0) is 124 Å². The van der Waals surface area contributed by atoms with Crippen LogP contribution in [0.5, 0.6) is 5.75 Å². The van der Waals surface area contributed by atoms with Crippen molar-refractivity contribution in [2.24, 2.45) is 11.8 Å². The number of ether oxygens (including phenoxy) is 2. The van der Waals surface area contributed by atoms with E-state index in [1.165, 1.54) is 49.9 Å². The van der Waals surface area contributed by atoms with E-state index in [0.717, 1.165) is 42.9 Å². The highest BCUT2D eigenvalue weighted by atomic mass is 79.9. The van der Waals surface area contributed by atoms with Crippen molar-refractivity contribution < 1.29 is 9.47 Å². The second kappa shape index (κ2) is 18.3. The molecule has 0 atom stereocenters. The fraction of sp³-hybridized carbons (Fsp3) is 0.500. The van der Waals surface area contributed by atoms with E-state index in [0.29, 0.717) is 5.92 Å². The Bertz CT molecular complexity index is 1110. The van der Waals surface area contributed by atoms with Gasteiger partial charge in [0, 0.05) is 11.6 Å². The summed E-state index contributed by atoms with van der Waals surface area (Å²) in [6, 6.07) is 8.86. The molecule has 2 aromatic rings. The highest BCUT2D eigenvalue weighted by molar-refractivity contribution is 9.10. The summed E-state index contributed by atoms with van der Waals surface area (Å²) in [5.41, 5.74) is 10.8. The van der Waals surface area contributed by atoms with Crippen LogP contribution in [-0.2, 0) is 24.0 Å². The number of benzene rings is 2. The van der Waals surface area contributed by atoms with Gasteiger partial charge in [0.1, 0.15) is 5.75 Å². The molecule has 0 fully saturated rings. The van der Waals surface area contributed by atoms with Gasteiger partial charge in [0.15, 0.2) is 6.79 Å². The van der Waals surface area contributed by atoms with Crippen LogP contribution in [0.25, 0.3) is 0 Å². The first kappa shape index (κ1) is 34.9. The molecule has 0 N–H and O–H groups in total. The van der Waals surface area contributed by atoms with E-state index in [9.17, 15) is 0 Å². The van der Waals surface area contributed by atoms with Crippen molar-refractivity contribution in [3.8, 4) is 5.75 Å². The van der Waals surface area contributed by atoms with E-state index >= 15 is 0 Å². The van der Waals surface area contributed by atoms with E-state index in [2.05, 4.69) is 121 Å². The van der Waals surface area contributed by atoms with Gasteiger partial charge in [-0.2, -0.15) is 0 Å². The summed E-state index contributed by atoms with van der Waals surface area (Å²) in [6.45, 7) is 24.1. The van der Waals surface area contributed by atoms with E-state index < -0.39 is 0 Å². The molecule has 0 aliphatic carbocycles. The zero-order valence-electron chi connectivity index (χ0n) is 26.3. The number of aryl methyl sites for hydroxylation is 3. The molecule has 0 unspecified atom stereocenters. The Morgan fingerprint density at radius 2 is 1.26 bits per heavy atom. The first-order valence-corrected chi connectivity index (χ1v) is 15.1. The molecule has 3 heteroatoms. The van der Waals surface area contributed by atoms with Crippen LogP contribution >= 0.6 is 15.9 Å². The Morgan fingerprint density at radius 3 is 1.74 bits per heavy atom. The van der Waals surface area contributed by atoms with Crippen LogP contribution in [0.4, 0.5) is 0 Å². The smallest absolute Gasteiger partial charge is 0.188 e. The monoisotopic (exact) mass is 596 g/mol. The molecule has 0 radical (unpaired) electrons. The van der Waals surface area contributed by atoms with Gasteiger partial charge in [-0.3, -0.25) is 0 Å². The highest BCUT2D eigenvalue weighted by Gasteiger charge is 2.08. The van der Waals surface area contributed by atoms with E-state index in [4.69, 9.17) is 9.47 Å². The molecule has 0 heterocycles. The van der Waals surface area contributed by atoms with Crippen molar-refractivity contribution in [2.45, 2.75) is 94.4 Å². The quantitative estimate of drug-likeness (QED) is 0.169. The fourth-order valence-electron chi connectivity index (χ4n) is 4.67. The third kappa shape index (κ3) is 13.7. The van der Waals surface area contributed by atoms with Crippen LogP contribution in [0.1, 0.15) is 87.8 Å². The number of allylic oxidation sites excluding steroid dienone is 5. The number of methoxy groups -OCH3 is 1. The molecule has 2 aromatic carbocycles. The maximum Gasteiger partial charge on any atom is 0.188 e. The normalized spacial score (nSPS) is 12.0. The molecule has 0 bridgehead atoms. The lowest BCUT2D eigenvalue weighted by Gasteiger charge is -2.14. The van der Waals surface area contributed by atoms with Crippen LogP contribution in [0, 0.1) is 32.6 Å². The Hall–Kier alpha value is -2.10. The lowest BCUT2D eigenvalue weighted by atomic mass is 9.97. The summed E-state index contributed by atoms with van der Waals surface area (Å²) in [4.78, 5) is 0. The summed E-state index contributed by atoms with van der Waals surface area (Å²) in [6.07, 6.45) is 11.8. The van der Waals surface area contributed by atoms with E-state index in [-0.39, 0.29) is 6.79 Å². The van der Waals surface area contributed by atoms with Gasteiger partial charge in [-0.1, -0.05) is 85.1 Å². The van der Waals surface area contributed by atoms with Crippen LogP contribution < -0.4 is 4.74 Å². The Kier molecular flexibility index (Phi) is 16.4. The SMILES string of the molecule is C/C(=C\Cc1cc(C)c(Br)cc1C)CC(C)C.C=CCc1cc(C)c(C/C=C(\C)CC(C)C)cc1OCOC. The molecule has 39 heavy (non-hydrogen) atoms. The van der Waals surface area contributed by atoms with Crippen LogP contribution in [-0.4, -0.2) is 13.9 Å². The Labute approximate surface area is 248 Å². The van der Waals surface area contributed by atoms with Gasteiger partial charge < -0.3 is 9.47 Å². The molecule has 0 aliphatic heterocycles. The summed E-state index contributed by atoms with van der Waals surface area (Å²) in [5, 5.41) is 0. The van der Waals surface area contributed by atoms with Crippen molar-refractivity contribution in [1.82, 2.24) is 0 Å². The second-order valence-corrected chi connectivity index (χ2v) is 12.5. The molecule has 0 saturated heterocycles. The first-order valence-electron chi connectivity index (χ1n) is 14.3. The Morgan fingerprint density at radius 1 is 0.769 bits per heavy atom. The summed E-state index contributed by atoms with van der Waals surface area (Å²) < 4.78 is 12.0. The maximum atomic E-state index is 5.72. The lowest BCUT2D eigenvalue weighted by molar-refractivity contribution is 0.0504. The first-order chi connectivity index (χ1) is 18.4. The van der Waals surface area contributed by atoms with Gasteiger partial charge in [0.2, 0.25) is 0 Å². The molecule has 0 aromatic heterocycles. The maximum absolute atomic E-state index is 5.72. The predicted octanol–water partition coefficient (Wildman–Crippen LogP) is 10.8. The van der Waals surface area contributed by atoms with Crippen molar-refractivity contribution in [1.29, 1.82) is 0 Å². The second-order valence-electron chi connectivity index (χ2n) is 11.7. The molecular formula is C36H53BrO2. The number of halogens is 1. The zero-order chi connectivity index (χ0) is 29.5. The van der Waals surface area contributed by atoms with Gasteiger partial charge >= 0.3 is 0 Å². The molecule has 216 valence electrons. The predicted molar refractivity (Wildman–Crippen MR) is 175 cm³/mol. The standard InChI is InChI=1S/C20H30O2.C16H23Br/c1-7-8-19-12-17(5)18(13-20(19)22-14-21-6)10-9-16(4)11-15(2)3;1-11(2)8-12(3)6-7-15-9-14(5)16(17)10-13(15)4/h7,9,12-13,15H,1,8,10-11,14H2,2-6H3;6,9-11H,7-8H2,1-5H3/b16-9+;12-6+. The van der Waals surface area contributed by atoms with Gasteiger partial charge in [0.05, 0.1) is 0 Å². The van der Waals surface area contributed by atoms with Gasteiger partial charge in [-0.25, -0.2) is 0 Å². The largest absolute Gasteiger partial charge is 0.467 e. The summed E-state index contributed by atoms with van der Waals surface area (Å²) in [7, 11) is 1.64. The number of rotatable bonds is 13. The average molecular weight is 598 g/mol. The molecular weight excluding hydrogens is 544 g/mol. The van der Waals surface area contributed by atoms with Crippen LogP contribution in [0.2, 0.25) is 0 Å². The third-order valence-electron chi connectivity index (χ3n) is 6.63. The number of hydrogen-bond acceptors (Lipinski definition) is 2. The van der Waals surface area contributed by atoms with Crippen molar-refractivity contribution in [3.63, 3.8) is 0 Å². The molecule has 0 spiro atoms. The zero-order valence-corrected chi connectivity index (χ0v) is 27.9. The van der Waals surface area contributed by atoms with Crippen LogP contribution in [0.3, 0.4) is 0 Å². The Balaban J connectivity index is 0.000000403.